The molecule has 0 unspecified atom stereocenters. The molecule has 0 aliphatic carbocycles. The summed E-state index contributed by atoms with van der Waals surface area (Å²) >= 11 is 0. The first-order chi connectivity index (χ1) is 31.8. The van der Waals surface area contributed by atoms with Crippen LogP contribution in [0.3, 0.4) is 0 Å². The minimum atomic E-state index is 0.673. The zero-order valence-corrected chi connectivity index (χ0v) is 34.4. The van der Waals surface area contributed by atoms with E-state index in [1.54, 1.807) is 0 Å². The summed E-state index contributed by atoms with van der Waals surface area (Å²) in [5, 5.41) is 3.01. The van der Waals surface area contributed by atoms with Crippen LogP contribution < -0.4 is 4.90 Å². The fourth-order valence-electron chi connectivity index (χ4n) is 9.54. The van der Waals surface area contributed by atoms with E-state index in [1.165, 1.54) is 22.3 Å². The number of para-hydroxylation sites is 2. The number of fused-ring (bicyclic) bond motifs is 11. The van der Waals surface area contributed by atoms with Crippen molar-refractivity contribution in [3.05, 3.63) is 219 Å². The van der Waals surface area contributed by atoms with Crippen molar-refractivity contribution in [1.29, 1.82) is 0 Å². The van der Waals surface area contributed by atoms with E-state index >= 15 is 0 Å². The fraction of sp³-hybridized carbons (Fsp3) is 0. The number of furan rings is 1. The van der Waals surface area contributed by atoms with Crippen molar-refractivity contribution in [2.75, 3.05) is 4.90 Å². The molecule has 7 aromatic carbocycles. The lowest BCUT2D eigenvalue weighted by molar-refractivity contribution is 0.675. The van der Waals surface area contributed by atoms with Gasteiger partial charge in [0.05, 0.1) is 45.2 Å². The van der Waals surface area contributed by atoms with Gasteiger partial charge in [-0.1, -0.05) is 121 Å². The molecule has 0 aliphatic heterocycles. The van der Waals surface area contributed by atoms with Gasteiger partial charge in [-0.25, -0.2) is 9.97 Å². The van der Waals surface area contributed by atoms with Crippen molar-refractivity contribution < 1.29 is 4.42 Å². The van der Waals surface area contributed by atoms with Gasteiger partial charge < -0.3 is 18.5 Å². The Morgan fingerprint density at radius 1 is 0.344 bits per heavy atom. The Labute approximate surface area is 367 Å². The fourth-order valence-corrected chi connectivity index (χ4v) is 9.54. The normalized spacial score (nSPS) is 11.8. The number of rotatable bonds is 7. The van der Waals surface area contributed by atoms with Crippen molar-refractivity contribution in [2.24, 2.45) is 0 Å². The summed E-state index contributed by atoms with van der Waals surface area (Å²) in [6.07, 6.45) is 5.74. The number of hydrogen-bond acceptors (Lipinski definition) is 5. The standard InChI is InChI=1S/C57H36N6O/c1-4-13-37(14-5-1)39-22-26-42(27-23-39)61(43-28-24-40(25-29-43)38-15-6-2-7-16-38)44-30-32-45(33-31-44)63-48-21-12-34-58-53(48)52-50(63)36-60-55-54-56(64-57(52)55)51-46-19-10-11-20-47(46)62(49(51)35-59-54)41-17-8-3-9-18-41/h1-36H. The highest BCUT2D eigenvalue weighted by Crippen LogP contribution is 2.43. The summed E-state index contributed by atoms with van der Waals surface area (Å²) in [6.45, 7) is 0. The van der Waals surface area contributed by atoms with Gasteiger partial charge in [0, 0.05) is 40.0 Å². The van der Waals surface area contributed by atoms with Gasteiger partial charge in [-0.15, -0.1) is 0 Å². The Bertz CT molecular complexity index is 3770. The highest BCUT2D eigenvalue weighted by atomic mass is 16.3. The number of nitrogens with zero attached hydrogens (tertiary/aromatic N) is 6. The molecule has 0 amide bonds. The minimum absolute atomic E-state index is 0.673. The molecule has 7 nitrogen and oxygen atoms in total. The molecule has 300 valence electrons. The topological polar surface area (TPSA) is 64.9 Å². The zero-order chi connectivity index (χ0) is 42.1. The summed E-state index contributed by atoms with van der Waals surface area (Å²) in [7, 11) is 0. The largest absolute Gasteiger partial charge is 0.451 e. The molecule has 0 atom stereocenters. The van der Waals surface area contributed by atoms with E-state index in [2.05, 4.69) is 202 Å². The van der Waals surface area contributed by atoms with Gasteiger partial charge in [0.2, 0.25) is 0 Å². The van der Waals surface area contributed by atoms with E-state index in [0.717, 1.165) is 77.7 Å². The molecule has 0 saturated carbocycles. The molecule has 0 saturated heterocycles. The lowest BCUT2D eigenvalue weighted by atomic mass is 10.0. The Kier molecular flexibility index (Phi) is 8.08. The molecule has 0 aliphatic rings. The molecule has 6 heterocycles. The molecule has 0 bridgehead atoms. The lowest BCUT2D eigenvalue weighted by Crippen LogP contribution is -2.10. The molecule has 0 N–H and O–H groups in total. The van der Waals surface area contributed by atoms with Crippen molar-refractivity contribution in [3.63, 3.8) is 0 Å². The van der Waals surface area contributed by atoms with E-state index in [1.807, 2.05) is 30.7 Å². The maximum absolute atomic E-state index is 7.02. The van der Waals surface area contributed by atoms with Gasteiger partial charge in [-0.05, 0) is 101 Å². The second-order valence-electron chi connectivity index (χ2n) is 16.1. The van der Waals surface area contributed by atoms with Crippen molar-refractivity contribution in [3.8, 4) is 33.6 Å². The monoisotopic (exact) mass is 820 g/mol. The van der Waals surface area contributed by atoms with E-state index in [4.69, 9.17) is 19.4 Å². The van der Waals surface area contributed by atoms with Crippen LogP contribution >= 0.6 is 0 Å². The lowest BCUT2D eigenvalue weighted by Gasteiger charge is -2.26. The van der Waals surface area contributed by atoms with Gasteiger partial charge in [-0.2, -0.15) is 0 Å². The molecule has 64 heavy (non-hydrogen) atoms. The zero-order valence-electron chi connectivity index (χ0n) is 34.4. The molecule has 13 rings (SSSR count). The highest BCUT2D eigenvalue weighted by molar-refractivity contribution is 6.26. The highest BCUT2D eigenvalue weighted by Gasteiger charge is 2.25. The van der Waals surface area contributed by atoms with E-state index < -0.39 is 0 Å². The summed E-state index contributed by atoms with van der Waals surface area (Å²) in [6, 6.07) is 70.3. The van der Waals surface area contributed by atoms with Crippen molar-refractivity contribution >= 4 is 83.0 Å². The van der Waals surface area contributed by atoms with Gasteiger partial charge in [0.25, 0.3) is 0 Å². The quantitative estimate of drug-likeness (QED) is 0.160. The average molecular weight is 821 g/mol. The first-order valence-electron chi connectivity index (χ1n) is 21.4. The number of benzene rings is 7. The first-order valence-corrected chi connectivity index (χ1v) is 21.4. The van der Waals surface area contributed by atoms with Crippen LogP contribution in [0.2, 0.25) is 0 Å². The van der Waals surface area contributed by atoms with Crippen LogP contribution in [0, 0.1) is 0 Å². The van der Waals surface area contributed by atoms with E-state index in [-0.39, 0.29) is 0 Å². The summed E-state index contributed by atoms with van der Waals surface area (Å²) in [5.41, 5.74) is 17.5. The maximum atomic E-state index is 7.02. The van der Waals surface area contributed by atoms with E-state index in [9.17, 15) is 0 Å². The van der Waals surface area contributed by atoms with Crippen LogP contribution in [0.15, 0.2) is 223 Å². The van der Waals surface area contributed by atoms with Gasteiger partial charge in [0.15, 0.2) is 11.2 Å². The second kappa shape index (κ2) is 14.4. The SMILES string of the molecule is c1ccc(-c2ccc(N(c3ccc(-c4ccccc4)cc3)c3ccc(-n4c5cccnc5c5c6oc7c(ncc8c7c7ccccc7n8-c7ccccc7)c6ncc54)cc3)cc2)cc1. The summed E-state index contributed by atoms with van der Waals surface area (Å²) in [4.78, 5) is 17.4. The second-order valence-corrected chi connectivity index (χ2v) is 16.1. The number of aromatic nitrogens is 5. The van der Waals surface area contributed by atoms with Crippen molar-refractivity contribution in [2.45, 2.75) is 0 Å². The summed E-state index contributed by atoms with van der Waals surface area (Å²) in [5.74, 6) is 0. The van der Waals surface area contributed by atoms with Crippen LogP contribution in [-0.4, -0.2) is 24.1 Å². The molecule has 6 aromatic heterocycles. The molecule has 0 spiro atoms. The molecule has 0 radical (unpaired) electrons. The maximum Gasteiger partial charge on any atom is 0.167 e. The van der Waals surface area contributed by atoms with Gasteiger partial charge >= 0.3 is 0 Å². The minimum Gasteiger partial charge on any atom is -0.451 e. The van der Waals surface area contributed by atoms with E-state index in [0.29, 0.717) is 16.7 Å². The van der Waals surface area contributed by atoms with Gasteiger partial charge in [-0.3, -0.25) is 4.98 Å². The first kappa shape index (κ1) is 35.9. The Morgan fingerprint density at radius 2 is 0.797 bits per heavy atom. The number of anilines is 3. The third kappa shape index (κ3) is 5.58. The molecule has 13 aromatic rings. The van der Waals surface area contributed by atoms with Crippen LogP contribution in [-0.2, 0) is 0 Å². The third-order valence-corrected chi connectivity index (χ3v) is 12.5. The molecule has 0 fully saturated rings. The van der Waals surface area contributed by atoms with Crippen LogP contribution in [0.25, 0.3) is 99.6 Å². The van der Waals surface area contributed by atoms with Gasteiger partial charge in [0.1, 0.15) is 16.6 Å². The third-order valence-electron chi connectivity index (χ3n) is 12.5. The molecular weight excluding hydrogens is 785 g/mol. The van der Waals surface area contributed by atoms with Crippen LogP contribution in [0.1, 0.15) is 0 Å². The average Bonchev–Trinajstić information content (AvgIpc) is 4.03. The smallest absolute Gasteiger partial charge is 0.167 e. The number of hydrogen-bond donors (Lipinski definition) is 0. The Hall–Kier alpha value is -8.81. The molecule has 7 heteroatoms. The number of pyridine rings is 3. The van der Waals surface area contributed by atoms with Crippen LogP contribution in [0.5, 0.6) is 0 Å². The summed E-state index contributed by atoms with van der Waals surface area (Å²) < 4.78 is 11.5. The van der Waals surface area contributed by atoms with Crippen molar-refractivity contribution in [1.82, 2.24) is 24.1 Å². The predicted molar refractivity (Wildman–Crippen MR) is 261 cm³/mol. The van der Waals surface area contributed by atoms with Crippen LogP contribution in [0.4, 0.5) is 17.1 Å². The predicted octanol–water partition coefficient (Wildman–Crippen LogP) is 14.8. The Balaban J connectivity index is 0.956. The Morgan fingerprint density at radius 3 is 1.41 bits per heavy atom. The molecular formula is C57H36N6O.